The average molecular weight is 316 g/mol. The highest BCUT2D eigenvalue weighted by Crippen LogP contribution is 2.23. The normalized spacial score (nSPS) is 18.2. The maximum absolute atomic E-state index is 12.9. The van der Waals surface area contributed by atoms with E-state index in [1.54, 1.807) is 13.0 Å². The lowest BCUT2D eigenvalue weighted by Gasteiger charge is -2.32. The SMILES string of the molecule is Cc1cc(C(=O)N2CCC[C@@H](CCc3ccc(F)cc3)C2)no1. The van der Waals surface area contributed by atoms with Crippen LogP contribution in [0, 0.1) is 18.7 Å². The summed E-state index contributed by atoms with van der Waals surface area (Å²) in [5.41, 5.74) is 1.53. The smallest absolute Gasteiger partial charge is 0.276 e. The summed E-state index contributed by atoms with van der Waals surface area (Å²) < 4.78 is 17.9. The van der Waals surface area contributed by atoms with Crippen LogP contribution in [0.15, 0.2) is 34.9 Å². The lowest BCUT2D eigenvalue weighted by atomic mass is 9.91. The second kappa shape index (κ2) is 6.94. The molecule has 3 rings (SSSR count). The number of amides is 1. The van der Waals surface area contributed by atoms with Crippen molar-refractivity contribution in [2.75, 3.05) is 13.1 Å². The van der Waals surface area contributed by atoms with Crippen LogP contribution in [0.25, 0.3) is 0 Å². The molecule has 1 amide bonds. The Kier molecular flexibility index (Phi) is 4.74. The third-order valence-corrected chi connectivity index (χ3v) is 4.41. The fourth-order valence-electron chi connectivity index (χ4n) is 3.14. The lowest BCUT2D eigenvalue weighted by Crippen LogP contribution is -2.40. The highest BCUT2D eigenvalue weighted by Gasteiger charge is 2.26. The van der Waals surface area contributed by atoms with Gasteiger partial charge in [0.25, 0.3) is 5.91 Å². The molecule has 0 unspecified atom stereocenters. The quantitative estimate of drug-likeness (QED) is 0.865. The molecule has 122 valence electrons. The van der Waals surface area contributed by atoms with E-state index in [2.05, 4.69) is 5.16 Å². The van der Waals surface area contributed by atoms with Crippen LogP contribution in [0.5, 0.6) is 0 Å². The Morgan fingerprint density at radius 3 is 2.87 bits per heavy atom. The number of halogens is 1. The second-order valence-electron chi connectivity index (χ2n) is 6.25. The summed E-state index contributed by atoms with van der Waals surface area (Å²) in [7, 11) is 0. The molecule has 1 atom stereocenters. The van der Waals surface area contributed by atoms with Crippen LogP contribution in [0.4, 0.5) is 4.39 Å². The van der Waals surface area contributed by atoms with Crippen LogP contribution in [0.1, 0.15) is 41.1 Å². The van der Waals surface area contributed by atoms with Crippen molar-refractivity contribution in [2.24, 2.45) is 5.92 Å². The molecule has 23 heavy (non-hydrogen) atoms. The van der Waals surface area contributed by atoms with Gasteiger partial charge in [0.2, 0.25) is 0 Å². The molecule has 5 heteroatoms. The number of benzene rings is 1. The highest BCUT2D eigenvalue weighted by atomic mass is 19.1. The van der Waals surface area contributed by atoms with Gasteiger partial charge in [-0.1, -0.05) is 17.3 Å². The average Bonchev–Trinajstić information content (AvgIpc) is 3.00. The molecule has 0 radical (unpaired) electrons. The van der Waals surface area contributed by atoms with Gasteiger partial charge in [0.05, 0.1) is 0 Å². The van der Waals surface area contributed by atoms with Gasteiger partial charge in [0.15, 0.2) is 5.69 Å². The van der Waals surface area contributed by atoms with Crippen molar-refractivity contribution in [2.45, 2.75) is 32.6 Å². The minimum absolute atomic E-state index is 0.0478. The van der Waals surface area contributed by atoms with Crippen LogP contribution >= 0.6 is 0 Å². The predicted molar refractivity (Wildman–Crippen MR) is 84.6 cm³/mol. The number of hydrogen-bond donors (Lipinski definition) is 0. The van der Waals surface area contributed by atoms with E-state index in [1.165, 1.54) is 12.1 Å². The summed E-state index contributed by atoms with van der Waals surface area (Å²) in [4.78, 5) is 14.3. The molecule has 4 nitrogen and oxygen atoms in total. The number of aryl methyl sites for hydroxylation is 2. The van der Waals surface area contributed by atoms with E-state index >= 15 is 0 Å². The van der Waals surface area contributed by atoms with E-state index in [0.717, 1.165) is 44.3 Å². The van der Waals surface area contributed by atoms with E-state index in [1.807, 2.05) is 17.0 Å². The Hall–Kier alpha value is -2.17. The molecular weight excluding hydrogens is 295 g/mol. The molecular formula is C18H21FN2O2. The van der Waals surface area contributed by atoms with E-state index in [-0.39, 0.29) is 11.7 Å². The molecule has 1 saturated heterocycles. The molecule has 1 aliphatic rings. The first kappa shape index (κ1) is 15.7. The molecule has 2 aromatic rings. The number of aromatic nitrogens is 1. The molecule has 1 aromatic heterocycles. The van der Waals surface area contributed by atoms with E-state index in [0.29, 0.717) is 17.4 Å². The zero-order chi connectivity index (χ0) is 16.2. The third-order valence-electron chi connectivity index (χ3n) is 4.41. The summed E-state index contributed by atoms with van der Waals surface area (Å²) in [6, 6.07) is 8.35. The van der Waals surface area contributed by atoms with Crippen molar-refractivity contribution >= 4 is 5.91 Å². The number of piperidine rings is 1. The summed E-state index contributed by atoms with van der Waals surface area (Å²) in [5.74, 6) is 0.878. The summed E-state index contributed by atoms with van der Waals surface area (Å²) >= 11 is 0. The lowest BCUT2D eigenvalue weighted by molar-refractivity contribution is 0.0658. The number of hydrogen-bond acceptors (Lipinski definition) is 3. The van der Waals surface area contributed by atoms with Gasteiger partial charge >= 0.3 is 0 Å². The molecule has 0 saturated carbocycles. The second-order valence-corrected chi connectivity index (χ2v) is 6.25. The maximum atomic E-state index is 12.9. The molecule has 0 spiro atoms. The fourth-order valence-corrected chi connectivity index (χ4v) is 3.14. The van der Waals surface area contributed by atoms with Crippen LogP contribution in [-0.2, 0) is 6.42 Å². The molecule has 1 aliphatic heterocycles. The molecule has 2 heterocycles. The van der Waals surface area contributed by atoms with Gasteiger partial charge in [-0.05, 0) is 56.2 Å². The zero-order valence-corrected chi connectivity index (χ0v) is 13.3. The molecule has 0 aliphatic carbocycles. The van der Waals surface area contributed by atoms with Gasteiger partial charge in [0, 0.05) is 19.2 Å². The molecule has 1 aromatic carbocycles. The largest absolute Gasteiger partial charge is 0.361 e. The zero-order valence-electron chi connectivity index (χ0n) is 13.3. The van der Waals surface area contributed by atoms with Crippen molar-refractivity contribution in [1.82, 2.24) is 10.1 Å². The Labute approximate surface area is 135 Å². The van der Waals surface area contributed by atoms with Crippen LogP contribution in [0.3, 0.4) is 0 Å². The number of rotatable bonds is 4. The van der Waals surface area contributed by atoms with E-state index in [9.17, 15) is 9.18 Å². The van der Waals surface area contributed by atoms with Gasteiger partial charge in [-0.25, -0.2) is 4.39 Å². The summed E-state index contributed by atoms with van der Waals surface area (Å²) in [6.07, 6.45) is 4.06. The van der Waals surface area contributed by atoms with Crippen molar-refractivity contribution in [3.05, 3.63) is 53.2 Å². The number of carbonyl (C=O) groups is 1. The minimum Gasteiger partial charge on any atom is -0.361 e. The Morgan fingerprint density at radius 2 is 2.17 bits per heavy atom. The van der Waals surface area contributed by atoms with E-state index in [4.69, 9.17) is 4.52 Å². The molecule has 0 N–H and O–H groups in total. The van der Waals surface area contributed by atoms with Crippen molar-refractivity contribution in [3.63, 3.8) is 0 Å². The summed E-state index contributed by atoms with van der Waals surface area (Å²) in [5, 5.41) is 3.82. The third kappa shape index (κ3) is 3.97. The van der Waals surface area contributed by atoms with Gasteiger partial charge in [-0.2, -0.15) is 0 Å². The van der Waals surface area contributed by atoms with Crippen molar-refractivity contribution in [3.8, 4) is 0 Å². The van der Waals surface area contributed by atoms with Crippen LogP contribution in [0.2, 0.25) is 0 Å². The highest BCUT2D eigenvalue weighted by molar-refractivity contribution is 5.92. The predicted octanol–water partition coefficient (Wildman–Crippen LogP) is 3.61. The van der Waals surface area contributed by atoms with Gasteiger partial charge < -0.3 is 9.42 Å². The standard InChI is InChI=1S/C18H21FN2O2/c1-13-11-17(20-23-13)18(22)21-10-2-3-15(12-21)5-4-14-6-8-16(19)9-7-14/h6-9,11,15H,2-5,10,12H2,1H3/t15-/m0/s1. The minimum atomic E-state index is -0.203. The topological polar surface area (TPSA) is 46.3 Å². The summed E-state index contributed by atoms with van der Waals surface area (Å²) in [6.45, 7) is 3.31. The van der Waals surface area contributed by atoms with Crippen molar-refractivity contribution in [1.29, 1.82) is 0 Å². The molecule has 1 fully saturated rings. The number of carbonyl (C=O) groups excluding carboxylic acids is 1. The van der Waals surface area contributed by atoms with Gasteiger partial charge in [0.1, 0.15) is 11.6 Å². The monoisotopic (exact) mass is 316 g/mol. The number of likely N-dealkylation sites (tertiary alicyclic amines) is 1. The molecule has 0 bridgehead atoms. The van der Waals surface area contributed by atoms with Crippen LogP contribution in [-0.4, -0.2) is 29.1 Å². The van der Waals surface area contributed by atoms with Gasteiger partial charge in [-0.15, -0.1) is 0 Å². The fraction of sp³-hybridized carbons (Fsp3) is 0.444. The Bertz CT molecular complexity index is 666. The maximum Gasteiger partial charge on any atom is 0.276 e. The van der Waals surface area contributed by atoms with Gasteiger partial charge in [-0.3, -0.25) is 4.79 Å². The van der Waals surface area contributed by atoms with E-state index < -0.39 is 0 Å². The first-order valence-corrected chi connectivity index (χ1v) is 8.09. The Balaban J connectivity index is 1.55. The Morgan fingerprint density at radius 1 is 1.39 bits per heavy atom. The first-order valence-electron chi connectivity index (χ1n) is 8.09. The number of nitrogens with zero attached hydrogens (tertiary/aromatic N) is 2. The van der Waals surface area contributed by atoms with Crippen LogP contribution < -0.4 is 0 Å². The van der Waals surface area contributed by atoms with Crippen molar-refractivity contribution < 1.29 is 13.7 Å². The first-order chi connectivity index (χ1) is 11.1.